The molecule has 1 fully saturated rings. The number of hydrogen-bond donors (Lipinski definition) is 3. The van der Waals surface area contributed by atoms with Gasteiger partial charge in [0.05, 0.1) is 12.6 Å². The van der Waals surface area contributed by atoms with Crippen molar-refractivity contribution in [1.29, 1.82) is 0 Å². The first-order valence-corrected chi connectivity index (χ1v) is 4.13. The van der Waals surface area contributed by atoms with Crippen molar-refractivity contribution in [3.05, 3.63) is 17.9 Å². The Hall–Kier alpha value is -0.715. The third kappa shape index (κ3) is 2.27. The van der Waals surface area contributed by atoms with Gasteiger partial charge in [-0.25, -0.2) is 0 Å². The van der Waals surface area contributed by atoms with Gasteiger partial charge in [0, 0.05) is 0 Å². The molecule has 2 radical (unpaired) electrons. The number of hydrogen-bond acceptors (Lipinski definition) is 4. The van der Waals surface area contributed by atoms with Crippen molar-refractivity contribution in [3.63, 3.8) is 0 Å². The second-order valence-electron chi connectivity index (χ2n) is 3.16. The lowest BCUT2D eigenvalue weighted by molar-refractivity contribution is -0.0286. The van der Waals surface area contributed by atoms with Crippen LogP contribution in [0.2, 0.25) is 0 Å². The molecule has 82 valence electrons. The van der Waals surface area contributed by atoms with Gasteiger partial charge in [-0.1, -0.05) is 5.73 Å². The summed E-state index contributed by atoms with van der Waals surface area (Å²) >= 11 is 0. The molecular formula is C8H9BF2O4. The van der Waals surface area contributed by atoms with Gasteiger partial charge in [0.1, 0.15) is 25.7 Å². The van der Waals surface area contributed by atoms with E-state index in [9.17, 15) is 19.0 Å². The molecule has 1 rings (SSSR count). The lowest BCUT2D eigenvalue weighted by atomic mass is 9.80. The van der Waals surface area contributed by atoms with Crippen LogP contribution < -0.4 is 0 Å². The highest BCUT2D eigenvalue weighted by Crippen LogP contribution is 2.30. The molecule has 1 saturated heterocycles. The molecule has 3 N–H and O–H groups in total. The fourth-order valence-corrected chi connectivity index (χ4v) is 1.32. The van der Waals surface area contributed by atoms with E-state index in [1.807, 2.05) is 0 Å². The summed E-state index contributed by atoms with van der Waals surface area (Å²) in [7, 11) is 5.29. The first-order valence-electron chi connectivity index (χ1n) is 4.13. The minimum atomic E-state index is -2.17. The Balaban J connectivity index is 2.97. The standard InChI is InChI=1S/C8H9BF2O4/c9-7-8(14,2-1-5(10)11)6(13)4(3-12)15-7/h2,4,6-7,12-14H,3H2/t4-,6?,7-,8?/m1/s1. The van der Waals surface area contributed by atoms with Gasteiger partial charge in [-0.15, -0.1) is 0 Å². The van der Waals surface area contributed by atoms with E-state index in [0.29, 0.717) is 6.08 Å². The maximum absolute atomic E-state index is 11.7. The van der Waals surface area contributed by atoms with Crippen LogP contribution in [0, 0.1) is 0 Å². The number of ether oxygens (including phenoxy) is 1. The molecule has 0 saturated carbocycles. The van der Waals surface area contributed by atoms with Gasteiger partial charge < -0.3 is 20.1 Å². The summed E-state index contributed by atoms with van der Waals surface area (Å²) in [4.78, 5) is 0. The Morgan fingerprint density at radius 1 is 1.60 bits per heavy atom. The quantitative estimate of drug-likeness (QED) is 0.406. The SMILES string of the molecule is [B][C@@H]1O[C@H](CO)C(O)C1(O)C=C=C(F)F. The number of aliphatic hydroxyl groups excluding tert-OH is 2. The van der Waals surface area contributed by atoms with Gasteiger partial charge in [-0.2, -0.15) is 8.78 Å². The van der Waals surface area contributed by atoms with Gasteiger partial charge in [-0.3, -0.25) is 0 Å². The molecule has 4 atom stereocenters. The largest absolute Gasteiger partial charge is 0.394 e. The number of aliphatic hydroxyl groups is 3. The Morgan fingerprint density at radius 3 is 2.60 bits per heavy atom. The van der Waals surface area contributed by atoms with Crippen molar-refractivity contribution in [2.24, 2.45) is 0 Å². The number of halogens is 2. The second-order valence-corrected chi connectivity index (χ2v) is 3.16. The van der Waals surface area contributed by atoms with Crippen LogP contribution in [0.15, 0.2) is 17.9 Å². The van der Waals surface area contributed by atoms with E-state index >= 15 is 0 Å². The predicted octanol–water partition coefficient (Wildman–Crippen LogP) is -1.10. The van der Waals surface area contributed by atoms with Crippen molar-refractivity contribution >= 4 is 7.85 Å². The molecule has 15 heavy (non-hydrogen) atoms. The van der Waals surface area contributed by atoms with E-state index < -0.39 is 36.5 Å². The molecule has 0 bridgehead atoms. The molecule has 1 aliphatic rings. The van der Waals surface area contributed by atoms with Gasteiger partial charge in [0.2, 0.25) is 0 Å². The Morgan fingerprint density at radius 2 is 2.20 bits per heavy atom. The predicted molar refractivity (Wildman–Crippen MR) is 46.3 cm³/mol. The molecule has 1 heterocycles. The van der Waals surface area contributed by atoms with Gasteiger partial charge in [-0.05, 0) is 6.08 Å². The van der Waals surface area contributed by atoms with Crippen molar-refractivity contribution < 1.29 is 28.8 Å². The monoisotopic (exact) mass is 218 g/mol. The summed E-state index contributed by atoms with van der Waals surface area (Å²) in [5.74, 6) is 0. The summed E-state index contributed by atoms with van der Waals surface area (Å²) in [5, 5.41) is 27.9. The van der Waals surface area contributed by atoms with Crippen LogP contribution >= 0.6 is 0 Å². The summed E-state index contributed by atoms with van der Waals surface area (Å²) in [5.41, 5.74) is -0.730. The van der Waals surface area contributed by atoms with Gasteiger partial charge >= 0.3 is 6.08 Å². The smallest absolute Gasteiger partial charge is 0.312 e. The van der Waals surface area contributed by atoms with Crippen LogP contribution in [0.4, 0.5) is 8.78 Å². The molecule has 7 heteroatoms. The van der Waals surface area contributed by atoms with Crippen LogP contribution in [-0.2, 0) is 4.74 Å². The average molecular weight is 218 g/mol. The second kappa shape index (κ2) is 4.43. The van der Waals surface area contributed by atoms with E-state index in [0.717, 1.165) is 0 Å². The maximum atomic E-state index is 11.7. The zero-order valence-electron chi connectivity index (χ0n) is 7.60. The lowest BCUT2D eigenvalue weighted by Crippen LogP contribution is -2.47. The van der Waals surface area contributed by atoms with Crippen molar-refractivity contribution in [1.82, 2.24) is 0 Å². The fourth-order valence-electron chi connectivity index (χ4n) is 1.32. The van der Waals surface area contributed by atoms with Crippen molar-refractivity contribution in [2.75, 3.05) is 6.61 Å². The molecule has 0 aromatic carbocycles. The summed E-state index contributed by atoms with van der Waals surface area (Å²) in [6.07, 6.45) is -4.31. The fraction of sp³-hybridized carbons (Fsp3) is 0.625. The lowest BCUT2D eigenvalue weighted by Gasteiger charge is -2.24. The topological polar surface area (TPSA) is 69.9 Å². The zero-order chi connectivity index (χ0) is 11.6. The molecule has 0 amide bonds. The van der Waals surface area contributed by atoms with Crippen LogP contribution in [0.1, 0.15) is 0 Å². The molecule has 1 aliphatic heterocycles. The maximum Gasteiger partial charge on any atom is 0.312 e. The molecule has 4 nitrogen and oxygen atoms in total. The number of rotatable bonds is 2. The summed E-state index contributed by atoms with van der Waals surface area (Å²) in [6.45, 7) is -0.577. The molecule has 0 aromatic rings. The normalized spacial score (nSPS) is 39.9. The van der Waals surface area contributed by atoms with Crippen LogP contribution in [0.3, 0.4) is 0 Å². The molecule has 0 spiro atoms. The van der Waals surface area contributed by atoms with Crippen molar-refractivity contribution in [3.8, 4) is 0 Å². The summed E-state index contributed by atoms with van der Waals surface area (Å²) in [6, 6.07) is -1.39. The van der Waals surface area contributed by atoms with Crippen LogP contribution in [0.5, 0.6) is 0 Å². The van der Waals surface area contributed by atoms with E-state index in [1.54, 1.807) is 0 Å². The van der Waals surface area contributed by atoms with Gasteiger partial charge in [0.15, 0.2) is 0 Å². The van der Waals surface area contributed by atoms with E-state index in [-0.39, 0.29) is 0 Å². The Labute approximate surface area is 85.9 Å². The first-order chi connectivity index (χ1) is 6.91. The van der Waals surface area contributed by atoms with Crippen LogP contribution in [0.25, 0.3) is 0 Å². The van der Waals surface area contributed by atoms with Crippen molar-refractivity contribution in [2.45, 2.75) is 23.8 Å². The summed E-state index contributed by atoms with van der Waals surface area (Å²) < 4.78 is 28.3. The third-order valence-electron chi connectivity index (χ3n) is 2.20. The molecule has 2 unspecified atom stereocenters. The van der Waals surface area contributed by atoms with E-state index in [2.05, 4.69) is 0 Å². The molecular weight excluding hydrogens is 209 g/mol. The minimum Gasteiger partial charge on any atom is -0.394 e. The highest BCUT2D eigenvalue weighted by atomic mass is 19.3. The Kier molecular flexibility index (Phi) is 3.65. The molecule has 0 aliphatic carbocycles. The van der Waals surface area contributed by atoms with Gasteiger partial charge in [0.25, 0.3) is 0 Å². The van der Waals surface area contributed by atoms with Crippen LogP contribution in [-0.4, -0.2) is 53.6 Å². The van der Waals surface area contributed by atoms with E-state index in [1.165, 1.54) is 5.73 Å². The third-order valence-corrected chi connectivity index (χ3v) is 2.20. The molecule has 0 aromatic heterocycles. The highest BCUT2D eigenvalue weighted by Gasteiger charge is 2.50. The first kappa shape index (κ1) is 12.4. The Bertz CT molecular complexity index is 301. The zero-order valence-corrected chi connectivity index (χ0v) is 7.60. The minimum absolute atomic E-state index is 0.535. The van der Waals surface area contributed by atoms with E-state index in [4.69, 9.17) is 17.7 Å². The average Bonchev–Trinajstić information content (AvgIpc) is 2.40. The highest BCUT2D eigenvalue weighted by molar-refractivity contribution is 6.12.